The first-order valence-electron chi connectivity index (χ1n) is 5.24. The summed E-state index contributed by atoms with van der Waals surface area (Å²) in [5, 5.41) is 3.98. The summed E-state index contributed by atoms with van der Waals surface area (Å²) in [4.78, 5) is 11.7. The SMILES string of the molecule is Cn1c(=O)n(C)c2cc(C=NNC(N)=S)ccc21. The summed E-state index contributed by atoms with van der Waals surface area (Å²) in [5.74, 6) is 0. The van der Waals surface area contributed by atoms with E-state index < -0.39 is 0 Å². The molecule has 1 aromatic heterocycles. The molecule has 94 valence electrons. The van der Waals surface area contributed by atoms with Gasteiger partial charge in [-0.1, -0.05) is 6.07 Å². The van der Waals surface area contributed by atoms with E-state index >= 15 is 0 Å². The van der Waals surface area contributed by atoms with Gasteiger partial charge in [-0.15, -0.1) is 0 Å². The quantitative estimate of drug-likeness (QED) is 0.456. The third-order valence-corrected chi connectivity index (χ3v) is 2.78. The van der Waals surface area contributed by atoms with Gasteiger partial charge in [0.05, 0.1) is 17.2 Å². The number of hydrogen-bond acceptors (Lipinski definition) is 3. The molecular weight excluding hydrogens is 250 g/mol. The van der Waals surface area contributed by atoms with Crippen molar-refractivity contribution >= 4 is 34.6 Å². The van der Waals surface area contributed by atoms with Gasteiger partial charge in [0, 0.05) is 14.1 Å². The maximum Gasteiger partial charge on any atom is 0.328 e. The highest BCUT2D eigenvalue weighted by Crippen LogP contribution is 2.12. The molecule has 0 amide bonds. The fraction of sp³-hybridized carbons (Fsp3) is 0.182. The van der Waals surface area contributed by atoms with Crippen LogP contribution in [0.2, 0.25) is 0 Å². The molecule has 0 saturated heterocycles. The van der Waals surface area contributed by atoms with E-state index in [1.807, 2.05) is 18.2 Å². The van der Waals surface area contributed by atoms with E-state index in [-0.39, 0.29) is 10.8 Å². The molecule has 0 atom stereocenters. The molecule has 2 aromatic rings. The zero-order valence-electron chi connectivity index (χ0n) is 10.0. The molecule has 0 unspecified atom stereocenters. The molecule has 6 nitrogen and oxygen atoms in total. The number of nitrogens with two attached hydrogens (primary N) is 1. The van der Waals surface area contributed by atoms with E-state index in [4.69, 9.17) is 5.73 Å². The van der Waals surface area contributed by atoms with Crippen molar-refractivity contribution in [3.63, 3.8) is 0 Å². The molecule has 1 aromatic carbocycles. The van der Waals surface area contributed by atoms with Crippen LogP contribution in [0.5, 0.6) is 0 Å². The van der Waals surface area contributed by atoms with Crippen LogP contribution < -0.4 is 16.8 Å². The van der Waals surface area contributed by atoms with Crippen LogP contribution in [0.3, 0.4) is 0 Å². The largest absolute Gasteiger partial charge is 0.375 e. The summed E-state index contributed by atoms with van der Waals surface area (Å²) in [7, 11) is 3.48. The average molecular weight is 263 g/mol. The van der Waals surface area contributed by atoms with Gasteiger partial charge in [-0.3, -0.25) is 14.6 Å². The van der Waals surface area contributed by atoms with E-state index in [9.17, 15) is 4.79 Å². The number of nitrogens with zero attached hydrogens (tertiary/aromatic N) is 3. The normalized spacial score (nSPS) is 11.2. The van der Waals surface area contributed by atoms with Crippen molar-refractivity contribution in [3.05, 3.63) is 34.2 Å². The van der Waals surface area contributed by atoms with E-state index in [1.54, 1.807) is 29.4 Å². The number of rotatable bonds is 2. The molecule has 0 bridgehead atoms. The van der Waals surface area contributed by atoms with Gasteiger partial charge in [0.15, 0.2) is 5.11 Å². The molecule has 18 heavy (non-hydrogen) atoms. The number of benzene rings is 1. The summed E-state index contributed by atoms with van der Waals surface area (Å²) in [6, 6.07) is 5.62. The lowest BCUT2D eigenvalue weighted by molar-refractivity contribution is 0.795. The highest BCUT2D eigenvalue weighted by Gasteiger charge is 2.07. The number of imidazole rings is 1. The second-order valence-electron chi connectivity index (χ2n) is 3.88. The highest BCUT2D eigenvalue weighted by molar-refractivity contribution is 7.80. The average Bonchev–Trinajstić information content (AvgIpc) is 2.54. The van der Waals surface area contributed by atoms with Crippen molar-refractivity contribution < 1.29 is 0 Å². The molecule has 0 spiro atoms. The topological polar surface area (TPSA) is 77.3 Å². The van der Waals surface area contributed by atoms with E-state index in [0.29, 0.717) is 0 Å². The lowest BCUT2D eigenvalue weighted by Crippen LogP contribution is -2.23. The molecule has 0 aliphatic carbocycles. The monoisotopic (exact) mass is 263 g/mol. The zero-order chi connectivity index (χ0) is 13.3. The Morgan fingerprint density at radius 3 is 2.72 bits per heavy atom. The van der Waals surface area contributed by atoms with Gasteiger partial charge in [-0.25, -0.2) is 4.79 Å². The van der Waals surface area contributed by atoms with Crippen LogP contribution in [0.25, 0.3) is 11.0 Å². The molecule has 0 aliphatic rings. The Labute approximate surface area is 109 Å². The zero-order valence-corrected chi connectivity index (χ0v) is 10.9. The van der Waals surface area contributed by atoms with Gasteiger partial charge in [0.1, 0.15) is 0 Å². The van der Waals surface area contributed by atoms with Crippen molar-refractivity contribution in [2.45, 2.75) is 0 Å². The van der Waals surface area contributed by atoms with Crippen LogP contribution in [0.4, 0.5) is 0 Å². The molecule has 0 fully saturated rings. The number of nitrogens with one attached hydrogen (secondary N) is 1. The summed E-state index contributed by atoms with van der Waals surface area (Å²) in [6.07, 6.45) is 1.59. The van der Waals surface area contributed by atoms with Crippen LogP contribution in [0, 0.1) is 0 Å². The van der Waals surface area contributed by atoms with Crippen LogP contribution in [-0.2, 0) is 14.1 Å². The summed E-state index contributed by atoms with van der Waals surface area (Å²) in [6.45, 7) is 0. The highest BCUT2D eigenvalue weighted by atomic mass is 32.1. The molecule has 0 aliphatic heterocycles. The fourth-order valence-corrected chi connectivity index (χ4v) is 1.83. The first-order valence-corrected chi connectivity index (χ1v) is 5.65. The standard InChI is InChI=1S/C11H13N5OS/c1-15-8-4-3-7(6-13-14-10(12)18)5-9(8)16(2)11(15)17/h3-6H,1-2H3,(H3,12,14,18). The van der Waals surface area contributed by atoms with Gasteiger partial charge in [0.2, 0.25) is 0 Å². The van der Waals surface area contributed by atoms with Gasteiger partial charge < -0.3 is 5.73 Å². The van der Waals surface area contributed by atoms with E-state index in [1.165, 1.54) is 0 Å². The fourth-order valence-electron chi connectivity index (χ4n) is 1.77. The number of fused-ring (bicyclic) bond motifs is 1. The van der Waals surface area contributed by atoms with Crippen LogP contribution in [-0.4, -0.2) is 20.5 Å². The van der Waals surface area contributed by atoms with E-state index in [2.05, 4.69) is 22.7 Å². The number of hydrogen-bond donors (Lipinski definition) is 2. The van der Waals surface area contributed by atoms with Gasteiger partial charge in [-0.2, -0.15) is 5.10 Å². The second-order valence-corrected chi connectivity index (χ2v) is 4.32. The van der Waals surface area contributed by atoms with Gasteiger partial charge >= 0.3 is 5.69 Å². The number of aryl methyl sites for hydroxylation is 2. The minimum absolute atomic E-state index is 0.0552. The molecule has 0 radical (unpaired) electrons. The Hall–Kier alpha value is -2.15. The second kappa shape index (κ2) is 4.61. The van der Waals surface area contributed by atoms with Crippen LogP contribution in [0.15, 0.2) is 28.1 Å². The summed E-state index contributed by atoms with van der Waals surface area (Å²) in [5.41, 5.74) is 10.3. The van der Waals surface area contributed by atoms with Crippen molar-refractivity contribution in [1.82, 2.24) is 14.6 Å². The van der Waals surface area contributed by atoms with Gasteiger partial charge in [0.25, 0.3) is 0 Å². The Bertz CT molecular complexity index is 697. The molecule has 7 heteroatoms. The molecule has 2 rings (SSSR count). The first-order chi connectivity index (χ1) is 8.50. The Balaban J connectivity index is 2.45. The molecule has 0 saturated carbocycles. The Morgan fingerprint density at radius 1 is 1.39 bits per heavy atom. The molecule has 3 N–H and O–H groups in total. The number of hydrazone groups is 1. The predicted molar refractivity (Wildman–Crippen MR) is 75.7 cm³/mol. The minimum atomic E-state index is -0.0552. The van der Waals surface area contributed by atoms with E-state index in [0.717, 1.165) is 16.6 Å². The maximum absolute atomic E-state index is 11.7. The molecular formula is C11H13N5OS. The van der Waals surface area contributed by atoms with Crippen molar-refractivity contribution in [1.29, 1.82) is 0 Å². The third-order valence-electron chi connectivity index (χ3n) is 2.68. The lowest BCUT2D eigenvalue weighted by Gasteiger charge is -1.98. The summed E-state index contributed by atoms with van der Waals surface area (Å²) < 4.78 is 3.19. The smallest absolute Gasteiger partial charge is 0.328 e. The van der Waals surface area contributed by atoms with Crippen LogP contribution in [0.1, 0.15) is 5.56 Å². The van der Waals surface area contributed by atoms with Crippen molar-refractivity contribution in [2.24, 2.45) is 24.9 Å². The predicted octanol–water partition coefficient (Wildman–Crippen LogP) is 0.0441. The third kappa shape index (κ3) is 2.12. The maximum atomic E-state index is 11.7. The number of aromatic nitrogens is 2. The molecule has 1 heterocycles. The van der Waals surface area contributed by atoms with Crippen LogP contribution >= 0.6 is 12.2 Å². The Kier molecular flexibility index (Phi) is 3.15. The number of thiocarbonyl (C=S) groups is 1. The van der Waals surface area contributed by atoms with Crippen molar-refractivity contribution in [3.8, 4) is 0 Å². The first kappa shape index (κ1) is 12.3. The lowest BCUT2D eigenvalue weighted by atomic mass is 10.2. The van der Waals surface area contributed by atoms with Crippen molar-refractivity contribution in [2.75, 3.05) is 0 Å². The van der Waals surface area contributed by atoms with Gasteiger partial charge in [-0.05, 0) is 29.9 Å². The Morgan fingerprint density at radius 2 is 2.06 bits per heavy atom. The summed E-state index contributed by atoms with van der Waals surface area (Å²) >= 11 is 4.63. The minimum Gasteiger partial charge on any atom is -0.375 e.